The molecule has 0 saturated carbocycles. The van der Waals surface area contributed by atoms with Crippen LogP contribution >= 0.6 is 0 Å². The Morgan fingerprint density at radius 1 is 1.12 bits per heavy atom. The highest BCUT2D eigenvalue weighted by Gasteiger charge is 2.18. The minimum Gasteiger partial charge on any atom is -0.465 e. The summed E-state index contributed by atoms with van der Waals surface area (Å²) in [7, 11) is 3.41. The average molecular weight is 354 g/mol. The Kier molecular flexibility index (Phi) is 5.48. The molecule has 136 valence electrons. The van der Waals surface area contributed by atoms with E-state index in [-0.39, 0.29) is 5.91 Å². The van der Waals surface area contributed by atoms with E-state index in [1.807, 2.05) is 6.07 Å². The SMILES string of the molecule is COC(=O)c1ccccc1NC(=O)c1cc(N2CCN(C)CC2)ccn1. The Hall–Kier alpha value is -2.93. The van der Waals surface area contributed by atoms with Gasteiger partial charge in [-0.1, -0.05) is 12.1 Å². The topological polar surface area (TPSA) is 74.8 Å². The number of esters is 1. The first-order chi connectivity index (χ1) is 12.6. The lowest BCUT2D eigenvalue weighted by Gasteiger charge is -2.34. The van der Waals surface area contributed by atoms with Crippen LogP contribution in [0.5, 0.6) is 0 Å². The number of carbonyl (C=O) groups is 2. The molecule has 26 heavy (non-hydrogen) atoms. The number of aromatic nitrogens is 1. The lowest BCUT2D eigenvalue weighted by molar-refractivity contribution is 0.0602. The van der Waals surface area contributed by atoms with E-state index in [1.165, 1.54) is 7.11 Å². The number of methoxy groups -OCH3 is 1. The van der Waals surface area contributed by atoms with Crippen molar-refractivity contribution in [2.75, 3.05) is 50.6 Å². The summed E-state index contributed by atoms with van der Waals surface area (Å²) in [6.07, 6.45) is 1.63. The van der Waals surface area contributed by atoms with Gasteiger partial charge in [-0.2, -0.15) is 0 Å². The van der Waals surface area contributed by atoms with Crippen molar-refractivity contribution in [2.45, 2.75) is 0 Å². The van der Waals surface area contributed by atoms with E-state index >= 15 is 0 Å². The Bertz CT molecular complexity index is 801. The van der Waals surface area contributed by atoms with Gasteiger partial charge in [0.05, 0.1) is 18.4 Å². The third-order valence-electron chi connectivity index (χ3n) is 4.43. The number of rotatable bonds is 4. The van der Waals surface area contributed by atoms with E-state index in [2.05, 4.69) is 27.1 Å². The minimum absolute atomic E-state index is 0.304. The molecule has 2 heterocycles. The van der Waals surface area contributed by atoms with Crippen LogP contribution in [0.25, 0.3) is 0 Å². The fourth-order valence-corrected chi connectivity index (χ4v) is 2.87. The van der Waals surface area contributed by atoms with Crippen LogP contribution < -0.4 is 10.2 Å². The number of para-hydroxylation sites is 1. The van der Waals surface area contributed by atoms with Gasteiger partial charge in [0, 0.05) is 38.1 Å². The van der Waals surface area contributed by atoms with E-state index in [1.54, 1.807) is 36.5 Å². The Morgan fingerprint density at radius 2 is 1.85 bits per heavy atom. The highest BCUT2D eigenvalue weighted by atomic mass is 16.5. The molecular weight excluding hydrogens is 332 g/mol. The normalized spacial score (nSPS) is 14.8. The molecule has 0 unspecified atom stereocenters. The van der Waals surface area contributed by atoms with Crippen molar-refractivity contribution in [3.63, 3.8) is 0 Å². The summed E-state index contributed by atoms with van der Waals surface area (Å²) in [6.45, 7) is 3.78. The number of hydrogen-bond donors (Lipinski definition) is 1. The van der Waals surface area contributed by atoms with Crippen LogP contribution in [0.4, 0.5) is 11.4 Å². The number of carbonyl (C=O) groups excluding carboxylic acids is 2. The van der Waals surface area contributed by atoms with Crippen molar-refractivity contribution in [3.8, 4) is 0 Å². The van der Waals surface area contributed by atoms with Gasteiger partial charge in [-0.25, -0.2) is 4.79 Å². The third-order valence-corrected chi connectivity index (χ3v) is 4.43. The maximum absolute atomic E-state index is 12.6. The number of nitrogens with one attached hydrogen (secondary N) is 1. The van der Waals surface area contributed by atoms with Crippen LogP contribution in [0.3, 0.4) is 0 Å². The molecule has 3 rings (SSSR count). The second-order valence-corrected chi connectivity index (χ2v) is 6.18. The zero-order valence-electron chi connectivity index (χ0n) is 14.9. The lowest BCUT2D eigenvalue weighted by Crippen LogP contribution is -2.44. The first kappa shape index (κ1) is 17.9. The van der Waals surface area contributed by atoms with Gasteiger partial charge >= 0.3 is 5.97 Å². The number of hydrogen-bond acceptors (Lipinski definition) is 6. The molecule has 2 aromatic rings. The standard InChI is InChI=1S/C19H22N4O3/c1-22-9-11-23(12-10-22)14-7-8-20-17(13-14)18(24)21-16-6-4-3-5-15(16)19(25)26-2/h3-8,13H,9-12H2,1-2H3,(H,21,24). The number of pyridine rings is 1. The van der Waals surface area contributed by atoms with Gasteiger partial charge in [0.25, 0.3) is 5.91 Å². The fourth-order valence-electron chi connectivity index (χ4n) is 2.87. The maximum atomic E-state index is 12.6. The highest BCUT2D eigenvalue weighted by Crippen LogP contribution is 2.19. The van der Waals surface area contributed by atoms with Crippen molar-refractivity contribution in [2.24, 2.45) is 0 Å². The predicted octanol–water partition coefficient (Wildman–Crippen LogP) is 1.87. The van der Waals surface area contributed by atoms with E-state index < -0.39 is 5.97 Å². The number of likely N-dealkylation sites (N-methyl/N-ethyl adjacent to an activating group) is 1. The Balaban J connectivity index is 1.77. The molecule has 0 aliphatic carbocycles. The van der Waals surface area contributed by atoms with Gasteiger partial charge in [-0.3, -0.25) is 9.78 Å². The second-order valence-electron chi connectivity index (χ2n) is 6.18. The van der Waals surface area contributed by atoms with E-state index in [4.69, 9.17) is 4.74 Å². The molecule has 1 aromatic heterocycles. The van der Waals surface area contributed by atoms with Crippen LogP contribution in [0, 0.1) is 0 Å². The summed E-state index contributed by atoms with van der Waals surface area (Å²) in [5.74, 6) is -0.864. The number of nitrogens with zero attached hydrogens (tertiary/aromatic N) is 3. The smallest absolute Gasteiger partial charge is 0.339 e. The summed E-state index contributed by atoms with van der Waals surface area (Å²) in [4.78, 5) is 33.1. The van der Waals surface area contributed by atoms with Gasteiger partial charge < -0.3 is 19.9 Å². The van der Waals surface area contributed by atoms with Gasteiger partial charge in [0.15, 0.2) is 0 Å². The van der Waals surface area contributed by atoms with E-state index in [0.29, 0.717) is 16.9 Å². The van der Waals surface area contributed by atoms with Crippen LogP contribution in [-0.2, 0) is 4.74 Å². The molecular formula is C19H22N4O3. The van der Waals surface area contributed by atoms with Crippen LogP contribution in [-0.4, -0.2) is 62.1 Å². The Labute approximate surface area is 152 Å². The largest absolute Gasteiger partial charge is 0.465 e. The minimum atomic E-state index is -0.500. The molecule has 7 heteroatoms. The number of ether oxygens (including phenoxy) is 1. The monoisotopic (exact) mass is 354 g/mol. The third kappa shape index (κ3) is 4.00. The summed E-state index contributed by atoms with van der Waals surface area (Å²) in [5, 5.41) is 2.75. The molecule has 1 saturated heterocycles. The maximum Gasteiger partial charge on any atom is 0.339 e. The van der Waals surface area contributed by atoms with Gasteiger partial charge in [-0.05, 0) is 31.3 Å². The zero-order valence-corrected chi connectivity index (χ0v) is 14.9. The number of benzene rings is 1. The van der Waals surface area contributed by atoms with Crippen molar-refractivity contribution >= 4 is 23.3 Å². The number of anilines is 2. The summed E-state index contributed by atoms with van der Waals surface area (Å²) < 4.78 is 4.75. The summed E-state index contributed by atoms with van der Waals surface area (Å²) in [6, 6.07) is 10.4. The van der Waals surface area contributed by atoms with Crippen LogP contribution in [0.2, 0.25) is 0 Å². The molecule has 0 atom stereocenters. The molecule has 0 spiro atoms. The fraction of sp³-hybridized carbons (Fsp3) is 0.316. The van der Waals surface area contributed by atoms with Crippen molar-refractivity contribution < 1.29 is 14.3 Å². The van der Waals surface area contributed by atoms with Gasteiger partial charge in [0.2, 0.25) is 0 Å². The van der Waals surface area contributed by atoms with Crippen LogP contribution in [0.15, 0.2) is 42.6 Å². The molecule has 1 aliphatic heterocycles. The van der Waals surface area contributed by atoms with Gasteiger partial charge in [0.1, 0.15) is 5.69 Å². The Morgan fingerprint density at radius 3 is 2.58 bits per heavy atom. The number of piperazine rings is 1. The second kappa shape index (κ2) is 7.97. The lowest BCUT2D eigenvalue weighted by atomic mass is 10.1. The molecule has 7 nitrogen and oxygen atoms in total. The first-order valence-electron chi connectivity index (χ1n) is 8.46. The average Bonchev–Trinajstić information content (AvgIpc) is 2.68. The molecule has 1 fully saturated rings. The molecule has 1 aromatic carbocycles. The first-order valence-corrected chi connectivity index (χ1v) is 8.46. The van der Waals surface area contributed by atoms with E-state index in [9.17, 15) is 9.59 Å². The van der Waals surface area contributed by atoms with Crippen molar-refractivity contribution in [3.05, 3.63) is 53.9 Å². The van der Waals surface area contributed by atoms with Gasteiger partial charge in [-0.15, -0.1) is 0 Å². The van der Waals surface area contributed by atoms with E-state index in [0.717, 1.165) is 31.9 Å². The molecule has 1 aliphatic rings. The molecule has 1 N–H and O–H groups in total. The quantitative estimate of drug-likeness (QED) is 0.845. The zero-order chi connectivity index (χ0) is 18.5. The summed E-state index contributed by atoms with van der Waals surface area (Å²) in [5.41, 5.74) is 1.98. The number of amides is 1. The van der Waals surface area contributed by atoms with Crippen molar-refractivity contribution in [1.29, 1.82) is 0 Å². The van der Waals surface area contributed by atoms with Crippen LogP contribution in [0.1, 0.15) is 20.8 Å². The summed E-state index contributed by atoms with van der Waals surface area (Å²) >= 11 is 0. The predicted molar refractivity (Wildman–Crippen MR) is 99.7 cm³/mol. The molecule has 0 radical (unpaired) electrons. The highest BCUT2D eigenvalue weighted by molar-refractivity contribution is 6.07. The molecule has 0 bridgehead atoms. The van der Waals surface area contributed by atoms with Crippen molar-refractivity contribution in [1.82, 2.24) is 9.88 Å². The molecule has 1 amide bonds.